The summed E-state index contributed by atoms with van der Waals surface area (Å²) in [6.45, 7) is 5.00. The number of anilines is 1. The molecule has 2 aromatic heterocycles. The molecule has 0 radical (unpaired) electrons. The smallest absolute Gasteiger partial charge is 0.475 e. The largest absolute Gasteiger partial charge is 0.490 e. The van der Waals surface area contributed by atoms with Gasteiger partial charge in [0.15, 0.2) is 5.65 Å². The van der Waals surface area contributed by atoms with Crippen molar-refractivity contribution in [3.8, 4) is 0 Å². The Balaban J connectivity index is 0.000000260. The SMILES string of the molecule is CCOC1CSC2(C1)CN(c1ccc3nncn3n1)C2.O=C(O)C(F)(F)F. The van der Waals surface area contributed by atoms with E-state index < -0.39 is 12.1 Å². The Hall–Kier alpha value is -2.08. The molecule has 27 heavy (non-hydrogen) atoms. The number of ether oxygens (including phenoxy) is 1. The maximum atomic E-state index is 10.6. The number of halogens is 3. The molecule has 0 saturated carbocycles. The molecule has 0 bridgehead atoms. The predicted octanol–water partition coefficient (Wildman–Crippen LogP) is 1.86. The number of fused-ring (bicyclic) bond motifs is 1. The van der Waals surface area contributed by atoms with E-state index in [1.165, 1.54) is 0 Å². The average Bonchev–Trinajstić information content (AvgIpc) is 3.19. The van der Waals surface area contributed by atoms with Crippen LogP contribution in [0.15, 0.2) is 18.5 Å². The van der Waals surface area contributed by atoms with Crippen LogP contribution in [0.2, 0.25) is 0 Å². The fourth-order valence-electron chi connectivity index (χ4n) is 3.06. The van der Waals surface area contributed by atoms with Gasteiger partial charge in [-0.1, -0.05) is 0 Å². The molecule has 2 aliphatic heterocycles. The van der Waals surface area contributed by atoms with Crippen LogP contribution in [0, 0.1) is 0 Å². The van der Waals surface area contributed by atoms with Crippen molar-refractivity contribution in [2.75, 3.05) is 30.3 Å². The van der Waals surface area contributed by atoms with E-state index in [2.05, 4.69) is 38.9 Å². The van der Waals surface area contributed by atoms with Crippen LogP contribution < -0.4 is 4.90 Å². The van der Waals surface area contributed by atoms with E-state index in [0.717, 1.165) is 43.3 Å². The lowest BCUT2D eigenvalue weighted by molar-refractivity contribution is -0.192. The summed E-state index contributed by atoms with van der Waals surface area (Å²) in [5, 5.41) is 19.5. The zero-order chi connectivity index (χ0) is 19.7. The second-order valence-corrected chi connectivity index (χ2v) is 7.75. The molecule has 0 aromatic carbocycles. The number of aliphatic carboxylic acids is 1. The van der Waals surface area contributed by atoms with Crippen molar-refractivity contribution in [2.45, 2.75) is 30.4 Å². The molecule has 4 rings (SSSR count). The number of alkyl halides is 3. The molecule has 0 aliphatic carbocycles. The lowest BCUT2D eigenvalue weighted by atomic mass is 9.93. The summed E-state index contributed by atoms with van der Waals surface area (Å²) in [5.74, 6) is -0.629. The van der Waals surface area contributed by atoms with Gasteiger partial charge in [-0.2, -0.15) is 17.7 Å². The maximum Gasteiger partial charge on any atom is 0.490 e. The fraction of sp³-hybridized carbons (Fsp3) is 0.600. The highest BCUT2D eigenvalue weighted by Crippen LogP contribution is 2.46. The monoisotopic (exact) mass is 405 g/mol. The Morgan fingerprint density at radius 3 is 2.78 bits per heavy atom. The highest BCUT2D eigenvalue weighted by atomic mass is 32.2. The van der Waals surface area contributed by atoms with Crippen LogP contribution in [0.5, 0.6) is 0 Å². The second-order valence-electron chi connectivity index (χ2n) is 6.26. The third kappa shape index (κ3) is 4.43. The number of carboxylic acid groups (broad SMARTS) is 1. The van der Waals surface area contributed by atoms with Gasteiger partial charge < -0.3 is 14.7 Å². The van der Waals surface area contributed by atoms with Gasteiger partial charge in [-0.15, -0.1) is 27.1 Å². The highest BCUT2D eigenvalue weighted by molar-refractivity contribution is 8.01. The lowest BCUT2D eigenvalue weighted by Crippen LogP contribution is -2.59. The average molecular weight is 405 g/mol. The number of thioether (sulfide) groups is 1. The predicted molar refractivity (Wildman–Crippen MR) is 91.9 cm³/mol. The molecule has 2 saturated heterocycles. The molecular formula is C15H18F3N5O3S. The molecule has 8 nitrogen and oxygen atoms in total. The van der Waals surface area contributed by atoms with Gasteiger partial charge in [-0.05, 0) is 25.5 Å². The van der Waals surface area contributed by atoms with Crippen LogP contribution in [-0.2, 0) is 9.53 Å². The number of nitrogens with zero attached hydrogens (tertiary/aromatic N) is 5. The molecule has 1 spiro atoms. The third-order valence-electron chi connectivity index (χ3n) is 4.25. The van der Waals surface area contributed by atoms with Crippen LogP contribution in [-0.4, -0.2) is 73.4 Å². The van der Waals surface area contributed by atoms with Crippen molar-refractivity contribution in [3.05, 3.63) is 18.5 Å². The van der Waals surface area contributed by atoms with E-state index >= 15 is 0 Å². The van der Waals surface area contributed by atoms with Gasteiger partial charge in [0.2, 0.25) is 0 Å². The van der Waals surface area contributed by atoms with Crippen molar-refractivity contribution in [1.29, 1.82) is 0 Å². The zero-order valence-electron chi connectivity index (χ0n) is 14.4. The van der Waals surface area contributed by atoms with Gasteiger partial charge in [-0.25, -0.2) is 4.79 Å². The molecule has 2 fully saturated rings. The van der Waals surface area contributed by atoms with Crippen LogP contribution in [0.25, 0.3) is 5.65 Å². The Labute approximate surface area is 156 Å². The van der Waals surface area contributed by atoms with Gasteiger partial charge in [0.05, 0.1) is 10.9 Å². The van der Waals surface area contributed by atoms with Gasteiger partial charge in [0, 0.05) is 25.4 Å². The van der Waals surface area contributed by atoms with Crippen molar-refractivity contribution in [2.24, 2.45) is 0 Å². The first-order valence-electron chi connectivity index (χ1n) is 8.20. The number of hydrogen-bond donors (Lipinski definition) is 1. The summed E-state index contributed by atoms with van der Waals surface area (Å²) < 4.78 is 39.6. The number of carboxylic acids is 1. The van der Waals surface area contributed by atoms with Crippen molar-refractivity contribution in [3.63, 3.8) is 0 Å². The standard InChI is InChI=1S/C13H17N5OS.C2HF3O2/c1-2-19-10-5-13(20-6-10)7-17(8-13)12-4-3-11-15-14-9-18(11)16-12;3-2(4,5)1(6)7/h3-4,9-10H,2,5-8H2,1H3;(H,6,7). The molecule has 1 unspecified atom stereocenters. The first kappa shape index (κ1) is 19.7. The second kappa shape index (κ2) is 7.50. The van der Waals surface area contributed by atoms with E-state index in [1.807, 2.05) is 12.1 Å². The molecule has 2 aliphatic rings. The summed E-state index contributed by atoms with van der Waals surface area (Å²) in [6.07, 6.45) is -1.85. The van der Waals surface area contributed by atoms with E-state index in [4.69, 9.17) is 14.6 Å². The van der Waals surface area contributed by atoms with Gasteiger partial charge >= 0.3 is 12.1 Å². The Morgan fingerprint density at radius 2 is 2.15 bits per heavy atom. The van der Waals surface area contributed by atoms with E-state index in [1.54, 1.807) is 10.8 Å². The highest BCUT2D eigenvalue weighted by Gasteiger charge is 2.49. The normalized spacial score (nSPS) is 21.0. The summed E-state index contributed by atoms with van der Waals surface area (Å²) in [4.78, 5) is 11.2. The van der Waals surface area contributed by atoms with Gasteiger partial charge in [0.1, 0.15) is 12.1 Å². The third-order valence-corrected chi connectivity index (χ3v) is 5.83. The number of carbonyl (C=O) groups is 1. The molecular weight excluding hydrogens is 387 g/mol. The first-order chi connectivity index (χ1) is 12.7. The quantitative estimate of drug-likeness (QED) is 0.827. The molecule has 1 atom stereocenters. The maximum absolute atomic E-state index is 10.6. The Bertz CT molecular complexity index is 809. The molecule has 12 heteroatoms. The minimum Gasteiger partial charge on any atom is -0.475 e. The fourth-order valence-corrected chi connectivity index (χ4v) is 4.62. The number of aromatic nitrogens is 4. The molecule has 0 amide bonds. The molecule has 148 valence electrons. The van der Waals surface area contributed by atoms with Crippen molar-refractivity contribution < 1.29 is 27.8 Å². The zero-order valence-corrected chi connectivity index (χ0v) is 15.2. The summed E-state index contributed by atoms with van der Waals surface area (Å²) in [5.41, 5.74) is 0.788. The van der Waals surface area contributed by atoms with Crippen molar-refractivity contribution >= 4 is 29.2 Å². The van der Waals surface area contributed by atoms with Crippen LogP contribution in [0.1, 0.15) is 13.3 Å². The minimum absolute atomic E-state index is 0.379. The number of rotatable bonds is 3. The van der Waals surface area contributed by atoms with Gasteiger partial charge in [-0.3, -0.25) is 0 Å². The first-order valence-corrected chi connectivity index (χ1v) is 9.19. The van der Waals surface area contributed by atoms with Gasteiger partial charge in [0.25, 0.3) is 0 Å². The Morgan fingerprint density at radius 1 is 1.44 bits per heavy atom. The Kier molecular flexibility index (Phi) is 5.47. The topological polar surface area (TPSA) is 92.9 Å². The van der Waals surface area contributed by atoms with Crippen LogP contribution >= 0.6 is 11.8 Å². The summed E-state index contributed by atoms with van der Waals surface area (Å²) in [6, 6.07) is 3.99. The van der Waals surface area contributed by atoms with E-state index in [0.29, 0.717) is 10.9 Å². The van der Waals surface area contributed by atoms with Crippen LogP contribution in [0.3, 0.4) is 0 Å². The number of hydrogen-bond acceptors (Lipinski definition) is 7. The van der Waals surface area contributed by atoms with Crippen molar-refractivity contribution in [1.82, 2.24) is 19.8 Å². The molecule has 2 aromatic rings. The minimum atomic E-state index is -5.08. The molecule has 1 N–H and O–H groups in total. The van der Waals surface area contributed by atoms with E-state index in [9.17, 15) is 13.2 Å². The van der Waals surface area contributed by atoms with Crippen LogP contribution in [0.4, 0.5) is 19.0 Å². The summed E-state index contributed by atoms with van der Waals surface area (Å²) >= 11 is 2.06. The summed E-state index contributed by atoms with van der Waals surface area (Å²) in [7, 11) is 0. The molecule has 4 heterocycles. The van der Waals surface area contributed by atoms with E-state index in [-0.39, 0.29) is 0 Å². The lowest BCUT2D eigenvalue weighted by Gasteiger charge is -2.48.